The van der Waals surface area contributed by atoms with Gasteiger partial charge < -0.3 is 19.7 Å². The van der Waals surface area contributed by atoms with E-state index in [1.54, 1.807) is 35.2 Å². The van der Waals surface area contributed by atoms with Crippen LogP contribution in [-0.4, -0.2) is 25.2 Å². The fraction of sp³-hybridized carbons (Fsp3) is 0.167. The maximum Gasteiger partial charge on any atom is 0.259 e. The van der Waals surface area contributed by atoms with Crippen molar-refractivity contribution in [3.63, 3.8) is 0 Å². The third-order valence-corrected chi connectivity index (χ3v) is 4.89. The third kappa shape index (κ3) is 4.12. The molecule has 3 aromatic carbocycles. The van der Waals surface area contributed by atoms with Gasteiger partial charge in [-0.2, -0.15) is 0 Å². The van der Waals surface area contributed by atoms with Crippen LogP contribution in [-0.2, 0) is 11.2 Å². The summed E-state index contributed by atoms with van der Waals surface area (Å²) < 4.78 is 10.7. The van der Waals surface area contributed by atoms with Crippen molar-refractivity contribution < 1.29 is 19.1 Å². The molecule has 1 heterocycles. The highest BCUT2D eigenvalue weighted by Gasteiger charge is 2.22. The summed E-state index contributed by atoms with van der Waals surface area (Å²) in [6.07, 6.45) is 0.286. The lowest BCUT2D eigenvalue weighted by molar-refractivity contribution is -0.117. The van der Waals surface area contributed by atoms with Crippen molar-refractivity contribution in [2.45, 2.75) is 13.3 Å². The topological polar surface area (TPSA) is 67.9 Å². The molecule has 4 rings (SSSR count). The maximum atomic E-state index is 12.7. The molecule has 3 aromatic rings. The van der Waals surface area contributed by atoms with E-state index in [2.05, 4.69) is 5.32 Å². The average molecular weight is 402 g/mol. The van der Waals surface area contributed by atoms with Crippen molar-refractivity contribution >= 4 is 23.2 Å². The molecule has 0 atom stereocenters. The van der Waals surface area contributed by atoms with Crippen LogP contribution in [0.25, 0.3) is 0 Å². The number of carbonyl (C=O) groups is 2. The highest BCUT2D eigenvalue weighted by Crippen LogP contribution is 2.35. The van der Waals surface area contributed by atoms with E-state index in [-0.39, 0.29) is 25.0 Å². The zero-order chi connectivity index (χ0) is 20.9. The first kappa shape index (κ1) is 19.5. The second-order valence-electron chi connectivity index (χ2n) is 6.84. The van der Waals surface area contributed by atoms with Gasteiger partial charge >= 0.3 is 0 Å². The van der Waals surface area contributed by atoms with Gasteiger partial charge in [-0.3, -0.25) is 9.59 Å². The molecule has 6 heteroatoms. The van der Waals surface area contributed by atoms with Crippen LogP contribution in [0.1, 0.15) is 22.8 Å². The summed E-state index contributed by atoms with van der Waals surface area (Å²) in [6.45, 7) is 2.67. The third-order valence-electron chi connectivity index (χ3n) is 4.89. The number of amides is 2. The van der Waals surface area contributed by atoms with Crippen molar-refractivity contribution in [2.75, 3.05) is 23.6 Å². The summed E-state index contributed by atoms with van der Waals surface area (Å²) in [5.41, 5.74) is 2.83. The fourth-order valence-electron chi connectivity index (χ4n) is 3.39. The summed E-state index contributed by atoms with van der Waals surface area (Å²) in [4.78, 5) is 27.1. The number of nitrogens with one attached hydrogen (secondary N) is 1. The van der Waals surface area contributed by atoms with Gasteiger partial charge in [0.1, 0.15) is 0 Å². The van der Waals surface area contributed by atoms with E-state index < -0.39 is 0 Å². The number of likely N-dealkylation sites (N-methyl/N-ethyl adjacent to an activating group) is 1. The van der Waals surface area contributed by atoms with Crippen molar-refractivity contribution in [3.05, 3.63) is 83.9 Å². The van der Waals surface area contributed by atoms with Crippen LogP contribution in [0.2, 0.25) is 0 Å². The molecule has 2 amide bonds. The number of hydrogen-bond donors (Lipinski definition) is 1. The van der Waals surface area contributed by atoms with Gasteiger partial charge in [0.15, 0.2) is 11.5 Å². The Kier molecular flexibility index (Phi) is 5.66. The zero-order valence-electron chi connectivity index (χ0n) is 16.6. The van der Waals surface area contributed by atoms with Crippen LogP contribution in [0.5, 0.6) is 11.5 Å². The van der Waals surface area contributed by atoms with E-state index in [9.17, 15) is 9.59 Å². The van der Waals surface area contributed by atoms with Crippen LogP contribution in [0.3, 0.4) is 0 Å². The normalized spacial score (nSPS) is 11.8. The molecule has 0 spiro atoms. The summed E-state index contributed by atoms with van der Waals surface area (Å²) >= 11 is 0. The van der Waals surface area contributed by atoms with Gasteiger partial charge in [-0.1, -0.05) is 36.4 Å². The molecular formula is C24H22N2O4. The van der Waals surface area contributed by atoms with Gasteiger partial charge in [-0.25, -0.2) is 0 Å². The molecule has 0 unspecified atom stereocenters. The van der Waals surface area contributed by atoms with Gasteiger partial charge in [0, 0.05) is 17.9 Å². The van der Waals surface area contributed by atoms with Gasteiger partial charge in [-0.05, 0) is 48.9 Å². The number of fused-ring (bicyclic) bond motifs is 1. The molecule has 0 bridgehead atoms. The lowest BCUT2D eigenvalue weighted by atomic mass is 10.1. The SMILES string of the molecule is CCN(C(=O)Cc1ccc(NC(=O)c2cccc3c2OCO3)cc1)c1ccccc1. The molecular weight excluding hydrogens is 380 g/mol. The Bertz CT molecular complexity index is 1050. The Labute approximate surface area is 175 Å². The highest BCUT2D eigenvalue weighted by molar-refractivity contribution is 6.06. The minimum absolute atomic E-state index is 0.0254. The number of ether oxygens (including phenoxy) is 2. The van der Waals surface area contributed by atoms with E-state index in [1.807, 2.05) is 49.4 Å². The predicted octanol–water partition coefficient (Wildman–Crippen LogP) is 4.26. The molecule has 152 valence electrons. The molecule has 0 fully saturated rings. The van der Waals surface area contributed by atoms with Crippen LogP contribution in [0, 0.1) is 0 Å². The first-order chi connectivity index (χ1) is 14.7. The van der Waals surface area contributed by atoms with Crippen LogP contribution < -0.4 is 19.7 Å². The van der Waals surface area contributed by atoms with E-state index in [1.165, 1.54) is 0 Å². The number of hydrogen-bond acceptors (Lipinski definition) is 4. The molecule has 0 saturated heterocycles. The summed E-state index contributed by atoms with van der Waals surface area (Å²) in [7, 11) is 0. The average Bonchev–Trinajstić information content (AvgIpc) is 3.25. The monoisotopic (exact) mass is 402 g/mol. The first-order valence-electron chi connectivity index (χ1n) is 9.80. The first-order valence-corrected chi connectivity index (χ1v) is 9.80. The van der Waals surface area contributed by atoms with Crippen molar-refractivity contribution in [1.82, 2.24) is 0 Å². The van der Waals surface area contributed by atoms with E-state index >= 15 is 0 Å². The van der Waals surface area contributed by atoms with Gasteiger partial charge in [0.25, 0.3) is 5.91 Å². The van der Waals surface area contributed by atoms with Gasteiger partial charge in [0.2, 0.25) is 12.7 Å². The van der Waals surface area contributed by atoms with E-state index in [0.717, 1.165) is 11.3 Å². The standard InChI is InChI=1S/C24H22N2O4/c1-2-26(19-7-4-3-5-8-19)22(27)15-17-11-13-18(14-12-17)25-24(28)20-9-6-10-21-23(20)30-16-29-21/h3-14H,2,15-16H2,1H3,(H,25,28). The number of nitrogens with zero attached hydrogens (tertiary/aromatic N) is 1. The second-order valence-corrected chi connectivity index (χ2v) is 6.84. The van der Waals surface area contributed by atoms with Gasteiger partial charge in [0.05, 0.1) is 12.0 Å². The molecule has 6 nitrogen and oxygen atoms in total. The Morgan fingerprint density at radius 1 is 0.933 bits per heavy atom. The number of rotatable bonds is 6. The smallest absolute Gasteiger partial charge is 0.259 e. The molecule has 1 aliphatic rings. The predicted molar refractivity (Wildman–Crippen MR) is 115 cm³/mol. The van der Waals surface area contributed by atoms with Crippen LogP contribution in [0.15, 0.2) is 72.8 Å². The van der Waals surface area contributed by atoms with Crippen molar-refractivity contribution in [2.24, 2.45) is 0 Å². The summed E-state index contributed by atoms with van der Waals surface area (Å²) in [5.74, 6) is 0.771. The number of para-hydroxylation sites is 2. The molecule has 0 radical (unpaired) electrons. The van der Waals surface area contributed by atoms with E-state index in [0.29, 0.717) is 29.3 Å². The lowest BCUT2D eigenvalue weighted by Crippen LogP contribution is -2.31. The quantitative estimate of drug-likeness (QED) is 0.669. The Morgan fingerprint density at radius 2 is 1.70 bits per heavy atom. The minimum atomic E-state index is -0.276. The number of benzene rings is 3. The van der Waals surface area contributed by atoms with E-state index in [4.69, 9.17) is 9.47 Å². The second kappa shape index (κ2) is 8.69. The summed E-state index contributed by atoms with van der Waals surface area (Å²) in [6, 6.07) is 22.1. The summed E-state index contributed by atoms with van der Waals surface area (Å²) in [5, 5.41) is 2.86. The molecule has 0 aliphatic carbocycles. The molecule has 1 N–H and O–H groups in total. The molecule has 1 aliphatic heterocycles. The molecule has 0 aromatic heterocycles. The fourth-order valence-corrected chi connectivity index (χ4v) is 3.39. The lowest BCUT2D eigenvalue weighted by Gasteiger charge is -2.21. The minimum Gasteiger partial charge on any atom is -0.454 e. The Balaban J connectivity index is 1.41. The Morgan fingerprint density at radius 3 is 2.43 bits per heavy atom. The van der Waals surface area contributed by atoms with Crippen molar-refractivity contribution in [1.29, 1.82) is 0 Å². The maximum absolute atomic E-state index is 12.7. The number of carbonyl (C=O) groups excluding carboxylic acids is 2. The zero-order valence-corrected chi connectivity index (χ0v) is 16.6. The van der Waals surface area contributed by atoms with Crippen LogP contribution in [0.4, 0.5) is 11.4 Å². The molecule has 0 saturated carbocycles. The van der Waals surface area contributed by atoms with Crippen molar-refractivity contribution in [3.8, 4) is 11.5 Å². The Hall–Kier alpha value is -3.80. The molecule has 30 heavy (non-hydrogen) atoms. The highest BCUT2D eigenvalue weighted by atomic mass is 16.7. The van der Waals surface area contributed by atoms with Crippen LogP contribution >= 0.6 is 0 Å². The largest absolute Gasteiger partial charge is 0.454 e. The van der Waals surface area contributed by atoms with Gasteiger partial charge in [-0.15, -0.1) is 0 Å². The number of anilines is 2.